The number of aromatic nitrogens is 2. The van der Waals surface area contributed by atoms with Gasteiger partial charge < -0.3 is 14.8 Å². The van der Waals surface area contributed by atoms with E-state index in [1.54, 1.807) is 42.5 Å². The van der Waals surface area contributed by atoms with E-state index in [1.165, 1.54) is 23.1 Å². The zero-order chi connectivity index (χ0) is 26.3. The Hall–Kier alpha value is -4.46. The fourth-order valence-corrected chi connectivity index (χ4v) is 4.67. The fourth-order valence-electron chi connectivity index (χ4n) is 4.67. The molecule has 2 heterocycles. The number of carbonyl (C=O) groups is 2. The van der Waals surface area contributed by atoms with Crippen LogP contribution in [-0.2, 0) is 9.59 Å². The molecule has 1 saturated heterocycles. The van der Waals surface area contributed by atoms with Crippen molar-refractivity contribution in [3.63, 3.8) is 0 Å². The number of anilines is 1. The lowest BCUT2D eigenvalue weighted by Gasteiger charge is -2.23. The predicted octanol–water partition coefficient (Wildman–Crippen LogP) is 5.85. The third-order valence-corrected chi connectivity index (χ3v) is 6.42. The molecule has 1 amide bonds. The Labute approximate surface area is 213 Å². The lowest BCUT2D eigenvalue weighted by molar-refractivity contribution is -0.132. The second-order valence-electron chi connectivity index (χ2n) is 9.14. The van der Waals surface area contributed by atoms with Gasteiger partial charge >= 0.3 is 5.91 Å². The summed E-state index contributed by atoms with van der Waals surface area (Å²) in [4.78, 5) is 35.4. The van der Waals surface area contributed by atoms with E-state index in [9.17, 15) is 19.1 Å². The van der Waals surface area contributed by atoms with Crippen molar-refractivity contribution in [1.29, 1.82) is 0 Å². The number of Topliss-reactive ketones (excluding diaryl/α,β-unsaturated/α-hetero) is 1. The zero-order valence-corrected chi connectivity index (χ0v) is 20.7. The Bertz CT molecular complexity index is 1540. The summed E-state index contributed by atoms with van der Waals surface area (Å²) in [5.74, 6) is -1.54. The molecule has 4 aromatic rings. The minimum atomic E-state index is -0.944. The highest BCUT2D eigenvalue weighted by Crippen LogP contribution is 2.42. The number of halogens is 1. The first-order valence-corrected chi connectivity index (χ1v) is 12.1. The van der Waals surface area contributed by atoms with Crippen LogP contribution in [0.3, 0.4) is 0 Å². The zero-order valence-electron chi connectivity index (χ0n) is 20.7. The topological polar surface area (TPSA) is 95.5 Å². The SMILES string of the molecule is CCOc1ccc(/C(O)=C2\C(=O)C(=O)N(c3nc4ccc(F)cc4[nH]3)C2c2ccccc2)cc1C(C)C. The Morgan fingerprint density at radius 3 is 2.57 bits per heavy atom. The van der Waals surface area contributed by atoms with Crippen LogP contribution in [0.15, 0.2) is 72.3 Å². The van der Waals surface area contributed by atoms with E-state index in [0.29, 0.717) is 34.5 Å². The lowest BCUT2D eigenvalue weighted by Crippen LogP contribution is -2.30. The summed E-state index contributed by atoms with van der Waals surface area (Å²) in [6.07, 6.45) is 0. The summed E-state index contributed by atoms with van der Waals surface area (Å²) in [5, 5.41) is 11.5. The molecule has 0 spiro atoms. The average Bonchev–Trinajstić information content (AvgIpc) is 3.42. The normalized spacial score (nSPS) is 17.2. The first-order valence-electron chi connectivity index (χ1n) is 12.1. The minimum Gasteiger partial charge on any atom is -0.507 e. The van der Waals surface area contributed by atoms with E-state index in [0.717, 1.165) is 5.56 Å². The van der Waals surface area contributed by atoms with Crippen LogP contribution in [0, 0.1) is 5.82 Å². The Balaban J connectivity index is 1.70. The standard InChI is InChI=1S/C29H26FN3O4/c1-4-37-23-13-10-18(14-20(23)16(2)3)26(34)24-25(17-8-6-5-7-9-17)33(28(36)27(24)35)29-31-21-12-11-19(30)15-22(21)32-29/h5-16,25,34H,4H2,1-3H3,(H,31,32)/b26-24+. The fraction of sp³-hybridized carbons (Fsp3) is 0.207. The lowest BCUT2D eigenvalue weighted by atomic mass is 9.93. The molecule has 0 aliphatic carbocycles. The maximum atomic E-state index is 13.8. The van der Waals surface area contributed by atoms with E-state index in [1.807, 2.05) is 26.8 Å². The van der Waals surface area contributed by atoms with Crippen LogP contribution >= 0.6 is 0 Å². The van der Waals surface area contributed by atoms with Crippen LogP contribution in [-0.4, -0.2) is 33.4 Å². The van der Waals surface area contributed by atoms with E-state index in [-0.39, 0.29) is 23.2 Å². The Morgan fingerprint density at radius 1 is 1.11 bits per heavy atom. The summed E-state index contributed by atoms with van der Waals surface area (Å²) >= 11 is 0. The predicted molar refractivity (Wildman–Crippen MR) is 139 cm³/mol. The second-order valence-corrected chi connectivity index (χ2v) is 9.14. The van der Waals surface area contributed by atoms with Crippen molar-refractivity contribution < 1.29 is 23.8 Å². The molecule has 8 heteroatoms. The van der Waals surface area contributed by atoms with Crippen molar-refractivity contribution in [3.05, 3.63) is 94.8 Å². The van der Waals surface area contributed by atoms with Gasteiger partial charge in [0.25, 0.3) is 5.78 Å². The van der Waals surface area contributed by atoms with Crippen molar-refractivity contribution >= 4 is 34.4 Å². The molecule has 3 aromatic carbocycles. The van der Waals surface area contributed by atoms with Gasteiger partial charge in [-0.05, 0) is 60.4 Å². The number of nitrogens with zero attached hydrogens (tertiary/aromatic N) is 2. The number of aliphatic hydroxyl groups excluding tert-OH is 1. The molecule has 0 bridgehead atoms. The maximum absolute atomic E-state index is 13.8. The molecule has 1 fully saturated rings. The number of H-pyrrole nitrogens is 1. The molecule has 1 unspecified atom stereocenters. The highest BCUT2D eigenvalue weighted by Gasteiger charge is 2.48. The number of benzene rings is 3. The number of ether oxygens (including phenoxy) is 1. The van der Waals surface area contributed by atoms with E-state index in [2.05, 4.69) is 9.97 Å². The third kappa shape index (κ3) is 4.24. The van der Waals surface area contributed by atoms with Gasteiger partial charge in [-0.15, -0.1) is 0 Å². The number of aromatic amines is 1. The molecule has 1 atom stereocenters. The largest absolute Gasteiger partial charge is 0.507 e. The molecule has 1 aliphatic rings. The summed E-state index contributed by atoms with van der Waals surface area (Å²) in [7, 11) is 0. The smallest absolute Gasteiger partial charge is 0.302 e. The average molecular weight is 500 g/mol. The van der Waals surface area contributed by atoms with Gasteiger partial charge in [0.1, 0.15) is 17.3 Å². The number of hydrogen-bond acceptors (Lipinski definition) is 5. The maximum Gasteiger partial charge on any atom is 0.302 e. The van der Waals surface area contributed by atoms with Crippen LogP contribution < -0.4 is 9.64 Å². The summed E-state index contributed by atoms with van der Waals surface area (Å²) in [6.45, 7) is 6.40. The first-order chi connectivity index (χ1) is 17.8. The molecule has 1 aliphatic heterocycles. The van der Waals surface area contributed by atoms with Crippen LogP contribution in [0.2, 0.25) is 0 Å². The second kappa shape index (κ2) is 9.54. The van der Waals surface area contributed by atoms with Crippen molar-refractivity contribution in [2.45, 2.75) is 32.7 Å². The minimum absolute atomic E-state index is 0.0540. The molecule has 5 rings (SSSR count). The summed E-state index contributed by atoms with van der Waals surface area (Å²) in [5.41, 5.74) is 2.66. The van der Waals surface area contributed by atoms with Gasteiger partial charge in [0, 0.05) is 5.56 Å². The van der Waals surface area contributed by atoms with E-state index >= 15 is 0 Å². The molecule has 0 saturated carbocycles. The van der Waals surface area contributed by atoms with Crippen LogP contribution in [0.1, 0.15) is 49.4 Å². The highest BCUT2D eigenvalue weighted by atomic mass is 19.1. The quantitative estimate of drug-likeness (QED) is 0.197. The first kappa shape index (κ1) is 24.2. The molecular formula is C29H26FN3O4. The molecule has 37 heavy (non-hydrogen) atoms. The third-order valence-electron chi connectivity index (χ3n) is 6.42. The van der Waals surface area contributed by atoms with Crippen molar-refractivity contribution in [3.8, 4) is 5.75 Å². The van der Waals surface area contributed by atoms with Gasteiger partial charge in [0.2, 0.25) is 5.95 Å². The highest BCUT2D eigenvalue weighted by molar-refractivity contribution is 6.51. The number of nitrogens with one attached hydrogen (secondary N) is 1. The van der Waals surface area contributed by atoms with Crippen molar-refractivity contribution in [2.75, 3.05) is 11.5 Å². The number of imidazole rings is 1. The van der Waals surface area contributed by atoms with Gasteiger partial charge in [-0.25, -0.2) is 9.37 Å². The van der Waals surface area contributed by atoms with Crippen LogP contribution in [0.25, 0.3) is 16.8 Å². The van der Waals surface area contributed by atoms with Gasteiger partial charge in [-0.2, -0.15) is 0 Å². The van der Waals surface area contributed by atoms with E-state index < -0.39 is 23.5 Å². The molecule has 188 valence electrons. The van der Waals surface area contributed by atoms with Crippen LogP contribution in [0.4, 0.5) is 10.3 Å². The molecular weight excluding hydrogens is 473 g/mol. The summed E-state index contributed by atoms with van der Waals surface area (Å²) < 4.78 is 19.5. The van der Waals surface area contributed by atoms with Gasteiger partial charge in [0.15, 0.2) is 0 Å². The van der Waals surface area contributed by atoms with Gasteiger partial charge in [-0.3, -0.25) is 14.5 Å². The number of carbonyl (C=O) groups excluding carboxylic acids is 2. The molecule has 0 radical (unpaired) electrons. The number of amides is 1. The number of hydrogen-bond donors (Lipinski definition) is 2. The summed E-state index contributed by atoms with van der Waals surface area (Å²) in [6, 6.07) is 17.3. The van der Waals surface area contributed by atoms with Crippen molar-refractivity contribution in [1.82, 2.24) is 9.97 Å². The van der Waals surface area contributed by atoms with Gasteiger partial charge in [-0.1, -0.05) is 44.2 Å². The molecule has 2 N–H and O–H groups in total. The monoisotopic (exact) mass is 499 g/mol. The van der Waals surface area contributed by atoms with Gasteiger partial charge in [0.05, 0.1) is 29.3 Å². The van der Waals surface area contributed by atoms with E-state index in [4.69, 9.17) is 4.74 Å². The number of aliphatic hydroxyl groups is 1. The Kier molecular flexibility index (Phi) is 6.25. The number of ketones is 1. The number of rotatable bonds is 6. The van der Waals surface area contributed by atoms with Crippen LogP contribution in [0.5, 0.6) is 5.75 Å². The molecule has 7 nitrogen and oxygen atoms in total. The Morgan fingerprint density at radius 2 is 1.86 bits per heavy atom. The number of fused-ring (bicyclic) bond motifs is 1. The van der Waals surface area contributed by atoms with Crippen molar-refractivity contribution in [2.24, 2.45) is 0 Å². The molecule has 1 aromatic heterocycles.